The second kappa shape index (κ2) is 7.65. The number of anilines is 1. The van der Waals surface area contributed by atoms with E-state index >= 15 is 0 Å². The minimum atomic E-state index is 0.386. The molecule has 0 saturated carbocycles. The Morgan fingerprint density at radius 2 is 1.65 bits per heavy atom. The van der Waals surface area contributed by atoms with Crippen LogP contribution < -0.4 is 10.5 Å². The molecule has 148 valence electrons. The molecule has 5 rings (SSSR count). The van der Waals surface area contributed by atoms with Gasteiger partial charge in [0, 0.05) is 23.5 Å². The van der Waals surface area contributed by atoms with Crippen molar-refractivity contribution in [3.8, 4) is 40.2 Å². The van der Waals surface area contributed by atoms with Crippen molar-refractivity contribution in [1.82, 2.24) is 14.4 Å². The summed E-state index contributed by atoms with van der Waals surface area (Å²) in [4.78, 5) is 9.12. The van der Waals surface area contributed by atoms with Gasteiger partial charge in [-0.1, -0.05) is 30.3 Å². The lowest BCUT2D eigenvalue weighted by Gasteiger charge is -2.06. The maximum absolute atomic E-state index is 9.26. The monoisotopic (exact) mass is 403 g/mol. The minimum Gasteiger partial charge on any atom is -0.457 e. The van der Waals surface area contributed by atoms with Crippen molar-refractivity contribution in [3.63, 3.8) is 0 Å². The molecule has 0 aliphatic rings. The van der Waals surface area contributed by atoms with Crippen molar-refractivity contribution in [2.24, 2.45) is 0 Å². The van der Waals surface area contributed by atoms with Gasteiger partial charge in [-0.05, 0) is 48.5 Å². The minimum absolute atomic E-state index is 0.386. The van der Waals surface area contributed by atoms with Crippen LogP contribution in [-0.2, 0) is 0 Å². The topological polar surface area (TPSA) is 89.2 Å². The predicted molar refractivity (Wildman–Crippen MR) is 120 cm³/mol. The molecule has 6 nitrogen and oxygen atoms in total. The predicted octanol–water partition coefficient (Wildman–Crippen LogP) is 5.31. The third-order valence-corrected chi connectivity index (χ3v) is 4.94. The van der Waals surface area contributed by atoms with E-state index in [4.69, 9.17) is 15.5 Å². The summed E-state index contributed by atoms with van der Waals surface area (Å²) >= 11 is 0. The van der Waals surface area contributed by atoms with E-state index in [1.165, 1.54) is 0 Å². The van der Waals surface area contributed by atoms with Gasteiger partial charge in [0.15, 0.2) is 0 Å². The number of nitrogens with zero attached hydrogens (tertiary/aromatic N) is 4. The Balaban J connectivity index is 1.59. The molecule has 0 unspecified atom stereocenters. The number of nitrogen functional groups attached to an aromatic ring is 1. The SMILES string of the molecule is N#Cc1cccc(-c2nc(-c3ccc(Oc4ccccc4)cc3)c3c(N)nccn23)c1. The highest BCUT2D eigenvalue weighted by molar-refractivity contribution is 5.88. The Labute approximate surface area is 178 Å². The summed E-state index contributed by atoms with van der Waals surface area (Å²) < 4.78 is 7.79. The Bertz CT molecular complexity index is 1420. The van der Waals surface area contributed by atoms with Crippen molar-refractivity contribution >= 4 is 11.3 Å². The quantitative estimate of drug-likeness (QED) is 0.439. The zero-order valence-corrected chi connectivity index (χ0v) is 16.4. The first-order valence-corrected chi connectivity index (χ1v) is 9.69. The summed E-state index contributed by atoms with van der Waals surface area (Å²) in [6.07, 6.45) is 3.46. The van der Waals surface area contributed by atoms with Gasteiger partial charge in [0.25, 0.3) is 0 Å². The van der Waals surface area contributed by atoms with E-state index in [-0.39, 0.29) is 0 Å². The fourth-order valence-electron chi connectivity index (χ4n) is 3.50. The van der Waals surface area contributed by atoms with Crippen molar-refractivity contribution in [1.29, 1.82) is 5.26 Å². The molecule has 0 radical (unpaired) electrons. The average Bonchev–Trinajstić information content (AvgIpc) is 3.21. The highest BCUT2D eigenvalue weighted by Gasteiger charge is 2.17. The number of rotatable bonds is 4. The van der Waals surface area contributed by atoms with Crippen molar-refractivity contribution in [2.45, 2.75) is 0 Å². The van der Waals surface area contributed by atoms with E-state index in [9.17, 15) is 5.26 Å². The molecule has 0 bridgehead atoms. The zero-order valence-electron chi connectivity index (χ0n) is 16.4. The maximum Gasteiger partial charge on any atom is 0.150 e. The second-order valence-corrected chi connectivity index (χ2v) is 6.95. The number of imidazole rings is 1. The third kappa shape index (κ3) is 3.45. The molecule has 6 heteroatoms. The van der Waals surface area contributed by atoms with E-state index in [0.29, 0.717) is 22.9 Å². The van der Waals surface area contributed by atoms with Gasteiger partial charge in [0.2, 0.25) is 0 Å². The molecular weight excluding hydrogens is 386 g/mol. The Kier molecular flexibility index (Phi) is 4.54. The lowest BCUT2D eigenvalue weighted by molar-refractivity contribution is 0.483. The molecular formula is C25H17N5O. The smallest absolute Gasteiger partial charge is 0.150 e. The summed E-state index contributed by atoms with van der Waals surface area (Å²) in [7, 11) is 0. The highest BCUT2D eigenvalue weighted by Crippen LogP contribution is 2.33. The number of benzene rings is 3. The van der Waals surface area contributed by atoms with Crippen LogP contribution in [0.1, 0.15) is 5.56 Å². The Morgan fingerprint density at radius 1 is 0.871 bits per heavy atom. The number of fused-ring (bicyclic) bond motifs is 1. The lowest BCUT2D eigenvalue weighted by atomic mass is 10.1. The number of nitriles is 1. The Morgan fingerprint density at radius 3 is 2.42 bits per heavy atom. The molecule has 0 amide bonds. The van der Waals surface area contributed by atoms with Gasteiger partial charge in [-0.25, -0.2) is 9.97 Å². The normalized spacial score (nSPS) is 10.7. The first-order chi connectivity index (χ1) is 15.2. The zero-order chi connectivity index (χ0) is 21.2. The second-order valence-electron chi connectivity index (χ2n) is 6.95. The van der Waals surface area contributed by atoms with Crippen LogP contribution in [0, 0.1) is 11.3 Å². The van der Waals surface area contributed by atoms with Crippen LogP contribution in [0.5, 0.6) is 11.5 Å². The molecule has 31 heavy (non-hydrogen) atoms. The molecule has 0 atom stereocenters. The van der Waals surface area contributed by atoms with E-state index in [1.54, 1.807) is 12.3 Å². The summed E-state index contributed by atoms with van der Waals surface area (Å²) in [5, 5.41) is 9.26. The van der Waals surface area contributed by atoms with Gasteiger partial charge < -0.3 is 10.5 Å². The molecule has 2 aromatic heterocycles. The van der Waals surface area contributed by atoms with E-state index in [1.807, 2.05) is 83.4 Å². The van der Waals surface area contributed by atoms with Crippen LogP contribution in [0.4, 0.5) is 5.82 Å². The van der Waals surface area contributed by atoms with Crippen LogP contribution >= 0.6 is 0 Å². The molecule has 5 aromatic rings. The van der Waals surface area contributed by atoms with Crippen LogP contribution in [0.3, 0.4) is 0 Å². The van der Waals surface area contributed by atoms with Crippen molar-refractivity contribution < 1.29 is 4.74 Å². The van der Waals surface area contributed by atoms with Gasteiger partial charge in [-0.3, -0.25) is 4.40 Å². The fraction of sp³-hybridized carbons (Fsp3) is 0. The van der Waals surface area contributed by atoms with Crippen LogP contribution in [0.15, 0.2) is 91.3 Å². The van der Waals surface area contributed by atoms with Gasteiger partial charge in [-0.2, -0.15) is 5.26 Å². The van der Waals surface area contributed by atoms with Gasteiger partial charge >= 0.3 is 0 Å². The molecule has 2 N–H and O–H groups in total. The number of aromatic nitrogens is 3. The van der Waals surface area contributed by atoms with E-state index < -0.39 is 0 Å². The van der Waals surface area contributed by atoms with Gasteiger partial charge in [0.1, 0.15) is 34.4 Å². The first-order valence-electron chi connectivity index (χ1n) is 9.69. The third-order valence-electron chi connectivity index (χ3n) is 4.94. The van der Waals surface area contributed by atoms with Crippen LogP contribution in [0.2, 0.25) is 0 Å². The molecule has 2 heterocycles. The fourth-order valence-corrected chi connectivity index (χ4v) is 3.50. The number of ether oxygens (including phenoxy) is 1. The Hall–Kier alpha value is -4.63. The van der Waals surface area contributed by atoms with E-state index in [2.05, 4.69) is 11.1 Å². The van der Waals surface area contributed by atoms with Crippen LogP contribution in [-0.4, -0.2) is 14.4 Å². The number of nitrogens with two attached hydrogens (primary N) is 1. The molecule has 0 aliphatic heterocycles. The summed E-state index contributed by atoms with van der Waals surface area (Å²) in [5.74, 6) is 2.58. The standard InChI is InChI=1S/C25H17N5O/c26-16-17-5-4-6-19(15-17)25-29-22(23-24(27)28-13-14-30(23)25)18-9-11-21(12-10-18)31-20-7-2-1-3-8-20/h1-15H,(H2,27,28). The van der Waals surface area contributed by atoms with Gasteiger partial charge in [-0.15, -0.1) is 0 Å². The van der Waals surface area contributed by atoms with E-state index in [0.717, 1.165) is 28.1 Å². The largest absolute Gasteiger partial charge is 0.457 e. The molecule has 0 aliphatic carbocycles. The first kappa shape index (κ1) is 18.4. The number of para-hydroxylation sites is 1. The molecule has 0 saturated heterocycles. The molecule has 0 spiro atoms. The highest BCUT2D eigenvalue weighted by atomic mass is 16.5. The lowest BCUT2D eigenvalue weighted by Crippen LogP contribution is -1.96. The van der Waals surface area contributed by atoms with Crippen LogP contribution in [0.25, 0.3) is 28.2 Å². The number of hydrogen-bond acceptors (Lipinski definition) is 5. The summed E-state index contributed by atoms with van der Waals surface area (Å²) in [5.41, 5.74) is 9.95. The average molecular weight is 403 g/mol. The maximum atomic E-state index is 9.26. The molecule has 0 fully saturated rings. The molecule has 3 aromatic carbocycles. The number of hydrogen-bond donors (Lipinski definition) is 1. The van der Waals surface area contributed by atoms with Crippen molar-refractivity contribution in [2.75, 3.05) is 5.73 Å². The van der Waals surface area contributed by atoms with Gasteiger partial charge in [0.05, 0.1) is 11.6 Å². The van der Waals surface area contributed by atoms with Crippen molar-refractivity contribution in [3.05, 3.63) is 96.8 Å². The summed E-state index contributed by atoms with van der Waals surface area (Å²) in [6.45, 7) is 0. The summed E-state index contributed by atoms with van der Waals surface area (Å²) in [6, 6.07) is 26.8.